The molecule has 1 heterocycles. The van der Waals surface area contributed by atoms with Crippen LogP contribution in [0, 0.1) is 13.8 Å². The molecule has 0 aromatic heterocycles. The molecule has 0 spiro atoms. The van der Waals surface area contributed by atoms with Crippen LogP contribution in [0.25, 0.3) is 33.4 Å². The van der Waals surface area contributed by atoms with E-state index < -0.39 is 7.26 Å². The van der Waals surface area contributed by atoms with Crippen LogP contribution in [-0.4, -0.2) is 55.0 Å². The molecule has 0 atom stereocenters. The average Bonchev–Trinajstić information content (AvgIpc) is 0.773. The Balaban J connectivity index is 0.000000241. The van der Waals surface area contributed by atoms with Gasteiger partial charge in [0, 0.05) is 80.9 Å². The van der Waals surface area contributed by atoms with E-state index in [-0.39, 0.29) is 29.1 Å². The summed E-state index contributed by atoms with van der Waals surface area (Å²) in [5.41, 5.74) is 10.9. The maximum atomic E-state index is 13.6. The fraction of sp³-hybridized carbons (Fsp3) is 0.375. The number of ether oxygens (including phenoxy) is 1. The molecule has 470 valence electrons. The number of aryl methyl sites for hydroxylation is 2. The second-order valence-electron chi connectivity index (χ2n) is 24.4. The molecule has 9 nitrogen and oxygen atoms in total. The molecule has 0 unspecified atom stereocenters. The summed E-state index contributed by atoms with van der Waals surface area (Å²) >= 11 is 0. The Morgan fingerprint density at radius 2 is 0.967 bits per heavy atom. The highest BCUT2D eigenvalue weighted by molar-refractivity contribution is 7.95. The number of benzene rings is 6. The molecule has 1 N–H and O–H groups in total. The maximum Gasteiger partial charge on any atom is 0.338 e. The molecule has 4 aliphatic rings. The van der Waals surface area contributed by atoms with E-state index in [1.807, 2.05) is 37.3 Å². The van der Waals surface area contributed by atoms with Crippen molar-refractivity contribution >= 4 is 68.9 Å². The first-order chi connectivity index (χ1) is 43.7. The van der Waals surface area contributed by atoms with Crippen LogP contribution in [0.3, 0.4) is 0 Å². The highest BCUT2D eigenvalue weighted by Gasteiger charge is 2.44. The summed E-state index contributed by atoms with van der Waals surface area (Å²) in [7, 11) is -1.72. The summed E-state index contributed by atoms with van der Waals surface area (Å²) < 4.78 is 12.4. The molecule has 0 saturated heterocycles. The van der Waals surface area contributed by atoms with Crippen molar-refractivity contribution in [2.75, 3.05) is 31.2 Å². The van der Waals surface area contributed by atoms with Gasteiger partial charge in [-0.3, -0.25) is 24.2 Å². The summed E-state index contributed by atoms with van der Waals surface area (Å²) in [6.07, 6.45) is 23.4. The highest BCUT2D eigenvalue weighted by Crippen LogP contribution is 2.56. The van der Waals surface area contributed by atoms with Gasteiger partial charge >= 0.3 is 5.97 Å². The molecular weight excluding hydrogens is 1130 g/mol. The second kappa shape index (κ2) is 33.8. The smallest absolute Gasteiger partial charge is 0.338 e. The van der Waals surface area contributed by atoms with Crippen LogP contribution in [0.4, 0.5) is 5.69 Å². The number of nitrogens with one attached hydrogen (secondary N) is 1. The lowest BCUT2D eigenvalue weighted by Crippen LogP contribution is -2.33. The Kier molecular flexibility index (Phi) is 25.6. The number of rotatable bonds is 30. The van der Waals surface area contributed by atoms with Gasteiger partial charge < -0.3 is 14.5 Å². The summed E-state index contributed by atoms with van der Waals surface area (Å²) in [6, 6.07) is 49.5. The molecule has 90 heavy (non-hydrogen) atoms. The van der Waals surface area contributed by atoms with Gasteiger partial charge in [0.1, 0.15) is 34.5 Å². The zero-order chi connectivity index (χ0) is 64.0. The number of allylic oxidation sites excluding steroid dienone is 8. The fourth-order valence-corrected chi connectivity index (χ4v) is 17.0. The second-order valence-corrected chi connectivity index (χ2v) is 28.0. The Hall–Kier alpha value is -7.87. The molecule has 9 rings (SSSR count). The minimum atomic E-state index is -1.72. The zero-order valence-electron chi connectivity index (χ0n) is 54.7. The minimum Gasteiger partial charge on any atom is -0.462 e. The number of unbranched alkanes of at least 4 members (excludes halogenated alkanes) is 14. The van der Waals surface area contributed by atoms with Crippen molar-refractivity contribution in [3.63, 3.8) is 0 Å². The fourth-order valence-electron chi connectivity index (χ4n) is 12.6. The van der Waals surface area contributed by atoms with Crippen molar-refractivity contribution in [1.82, 2.24) is 0 Å². The van der Waals surface area contributed by atoms with E-state index in [1.165, 1.54) is 66.7 Å². The standard InChI is InChI=1S/C44H52N2O5.C36H42O2P/c1-7-45-37-26-40-35(23-28(37)3)42(36-24-29(4)38(46-8-2)27-41(36)51-40)33-20-16-17-21-34(33)44(49)50-22-18-14-12-10-9-11-13-15-19-32-25-39(47)30(5)31(6)43(32)48;1-29-30(2)36(38)31(28-35(29)37)20-12-7-5-3-4-6-8-19-27-39(32-21-13-9-14-22-32,33-23-15-10-16-24-33)34-25-17-11-18-26-34/h16-17,20-21,23-27,45H,7-15,18-19,22H2,1-6H3;9-11,13-18,21-26,28H,3-8,12,19-20,27H2,1-2H3/q;+1. The van der Waals surface area contributed by atoms with E-state index in [2.05, 4.69) is 140 Å². The molecule has 0 radical (unpaired) electrons. The van der Waals surface area contributed by atoms with Gasteiger partial charge in [-0.05, 0) is 184 Å². The number of carbonyl (C=O) groups excluding carboxylic acids is 5. The third-order valence-electron chi connectivity index (χ3n) is 18.1. The third kappa shape index (κ3) is 17.1. The van der Waals surface area contributed by atoms with E-state index >= 15 is 0 Å². The van der Waals surface area contributed by atoms with E-state index in [9.17, 15) is 24.0 Å². The van der Waals surface area contributed by atoms with Crippen LogP contribution >= 0.6 is 7.26 Å². The topological polar surface area (TPSA) is 132 Å². The Morgan fingerprint density at radius 1 is 0.500 bits per heavy atom. The van der Waals surface area contributed by atoms with Crippen LogP contribution in [0.1, 0.15) is 179 Å². The molecule has 5 aromatic carbocycles. The van der Waals surface area contributed by atoms with Crippen LogP contribution in [0.2, 0.25) is 0 Å². The van der Waals surface area contributed by atoms with Crippen molar-refractivity contribution < 1.29 is 33.1 Å². The van der Waals surface area contributed by atoms with Gasteiger partial charge in [-0.1, -0.05) is 143 Å². The Morgan fingerprint density at radius 3 is 1.47 bits per heavy atom. The van der Waals surface area contributed by atoms with Crippen LogP contribution in [0.15, 0.2) is 195 Å². The summed E-state index contributed by atoms with van der Waals surface area (Å²) in [4.78, 5) is 67.3. The number of ketones is 4. The van der Waals surface area contributed by atoms with Gasteiger partial charge in [0.2, 0.25) is 0 Å². The minimum absolute atomic E-state index is 0.000334. The monoisotopic (exact) mass is 1230 g/mol. The molecule has 0 fully saturated rings. The van der Waals surface area contributed by atoms with Crippen molar-refractivity contribution in [3.8, 4) is 22.5 Å². The molecule has 1 aliphatic heterocycles. The van der Waals surface area contributed by atoms with Crippen LogP contribution < -0.4 is 26.6 Å². The Bertz CT molecular complexity index is 3710. The normalized spacial score (nSPS) is 13.9. The van der Waals surface area contributed by atoms with Gasteiger partial charge in [0.05, 0.1) is 23.7 Å². The Labute approximate surface area is 536 Å². The summed E-state index contributed by atoms with van der Waals surface area (Å²) in [5, 5.41) is 9.69. The highest BCUT2D eigenvalue weighted by atomic mass is 31.2. The van der Waals surface area contributed by atoms with E-state index in [0.717, 1.165) is 133 Å². The average molecular weight is 1230 g/mol. The first kappa shape index (κ1) is 68.0. The van der Waals surface area contributed by atoms with Gasteiger partial charge in [-0.2, -0.15) is 0 Å². The van der Waals surface area contributed by atoms with Gasteiger partial charge in [-0.25, -0.2) is 4.79 Å². The lowest BCUT2D eigenvalue weighted by molar-refractivity contribution is -0.116. The van der Waals surface area contributed by atoms with Gasteiger partial charge in [0.25, 0.3) is 0 Å². The van der Waals surface area contributed by atoms with Crippen molar-refractivity contribution in [2.45, 2.75) is 171 Å². The lowest BCUT2D eigenvalue weighted by Gasteiger charge is -2.27. The summed E-state index contributed by atoms with van der Waals surface area (Å²) in [5.74, 6) is 0.453. The molecule has 10 heteroatoms. The maximum absolute atomic E-state index is 13.6. The molecular formula is C80H94N2O7P+. The number of esters is 1. The molecule has 5 aromatic rings. The predicted molar refractivity (Wildman–Crippen MR) is 374 cm³/mol. The number of hydrogen-bond donors (Lipinski definition) is 1. The zero-order valence-corrected chi connectivity index (χ0v) is 55.6. The number of anilines is 1. The van der Waals surface area contributed by atoms with Crippen LogP contribution in [-0.2, 0) is 23.9 Å². The lowest BCUT2D eigenvalue weighted by atomic mass is 9.88. The van der Waals surface area contributed by atoms with Crippen molar-refractivity contribution in [1.29, 1.82) is 0 Å². The number of fused-ring (bicyclic) bond motifs is 2. The van der Waals surface area contributed by atoms with Crippen molar-refractivity contribution in [3.05, 3.63) is 207 Å². The first-order valence-electron chi connectivity index (χ1n) is 33.2. The number of hydrogen-bond acceptors (Lipinski definition) is 9. The quantitative estimate of drug-likeness (QED) is 0.0155. The predicted octanol–water partition coefficient (Wildman–Crippen LogP) is 18.2. The van der Waals surface area contributed by atoms with E-state index in [0.29, 0.717) is 58.6 Å². The first-order valence-corrected chi connectivity index (χ1v) is 35.2. The molecule has 0 saturated carbocycles. The van der Waals surface area contributed by atoms with E-state index in [1.54, 1.807) is 33.8 Å². The molecule has 0 bridgehead atoms. The van der Waals surface area contributed by atoms with Gasteiger partial charge in [-0.15, -0.1) is 0 Å². The third-order valence-corrected chi connectivity index (χ3v) is 22.6. The molecule has 3 aliphatic carbocycles. The number of carbonyl (C=O) groups is 5. The summed E-state index contributed by atoms with van der Waals surface area (Å²) in [6.45, 7) is 17.1. The van der Waals surface area contributed by atoms with Crippen LogP contribution in [0.5, 0.6) is 0 Å². The number of nitrogens with zero attached hydrogens (tertiary/aromatic N) is 1. The number of Topliss-reactive ketones (excluding diaryl/α,β-unsaturated/α-hetero) is 2. The van der Waals surface area contributed by atoms with E-state index in [4.69, 9.17) is 9.15 Å². The molecule has 0 amide bonds. The largest absolute Gasteiger partial charge is 0.462 e. The van der Waals surface area contributed by atoms with Gasteiger partial charge in [0.15, 0.2) is 23.1 Å². The SMILES string of the molecule is CC1=C(C)C(=O)C(CCCCCCCCCC[P+](c2ccccc2)(c2ccccc2)c2ccccc2)=CC1=O.CCN=c1cc2oc3cc(NCC)c(C)cc3c(-c3ccccc3C(=O)OCCCCCCCCCCC3=CC(=O)C(C)=C(C)C3=O)c-2cc1C. The van der Waals surface area contributed by atoms with Crippen molar-refractivity contribution in [2.24, 2.45) is 4.99 Å².